The molecule has 1 fully saturated rings. The van der Waals surface area contributed by atoms with E-state index in [2.05, 4.69) is 5.32 Å². The van der Waals surface area contributed by atoms with Crippen molar-refractivity contribution >= 4 is 16.8 Å². The molecule has 0 aliphatic carbocycles. The summed E-state index contributed by atoms with van der Waals surface area (Å²) in [5.41, 5.74) is 1.38. The monoisotopic (exact) mass is 269 g/mol. The first-order valence-electron chi connectivity index (χ1n) is 5.91. The maximum Gasteiger partial charge on any atom is 0.252 e. The number of ether oxygens (including phenoxy) is 2. The van der Waals surface area contributed by atoms with Gasteiger partial charge in [0.15, 0.2) is 0 Å². The Bertz CT molecular complexity index is 428. The SMILES string of the molecule is COc1ccc(C(=O)Cl)cc1C1COCCCN1. The molecule has 0 spiro atoms. The molecule has 1 unspecified atom stereocenters. The number of halogens is 1. The predicted octanol–water partition coefficient (Wildman–Crippen LogP) is 2.13. The summed E-state index contributed by atoms with van der Waals surface area (Å²) in [6.45, 7) is 2.20. The molecule has 1 atom stereocenters. The Labute approximate surface area is 111 Å². The highest BCUT2D eigenvalue weighted by Crippen LogP contribution is 2.28. The topological polar surface area (TPSA) is 47.6 Å². The van der Waals surface area contributed by atoms with Gasteiger partial charge in [-0.25, -0.2) is 0 Å². The molecule has 1 aromatic carbocycles. The Morgan fingerprint density at radius 2 is 2.39 bits per heavy atom. The summed E-state index contributed by atoms with van der Waals surface area (Å²) in [7, 11) is 1.61. The quantitative estimate of drug-likeness (QED) is 0.854. The number of hydrogen-bond acceptors (Lipinski definition) is 4. The molecule has 1 saturated heterocycles. The molecular weight excluding hydrogens is 254 g/mol. The van der Waals surface area contributed by atoms with E-state index in [9.17, 15) is 4.79 Å². The number of nitrogens with one attached hydrogen (secondary N) is 1. The van der Waals surface area contributed by atoms with Gasteiger partial charge in [0, 0.05) is 17.7 Å². The normalized spacial score (nSPS) is 20.2. The molecular formula is C13H16ClNO3. The van der Waals surface area contributed by atoms with Gasteiger partial charge in [-0.15, -0.1) is 0 Å². The highest BCUT2D eigenvalue weighted by Gasteiger charge is 2.19. The Hall–Kier alpha value is -1.10. The lowest BCUT2D eigenvalue weighted by Gasteiger charge is -2.19. The number of methoxy groups -OCH3 is 1. The van der Waals surface area contributed by atoms with Gasteiger partial charge >= 0.3 is 0 Å². The van der Waals surface area contributed by atoms with Crippen LogP contribution in [0.5, 0.6) is 5.75 Å². The van der Waals surface area contributed by atoms with Crippen LogP contribution >= 0.6 is 11.6 Å². The van der Waals surface area contributed by atoms with Gasteiger partial charge in [0.25, 0.3) is 5.24 Å². The minimum atomic E-state index is -0.464. The summed E-state index contributed by atoms with van der Waals surface area (Å²) in [6, 6.07) is 5.21. The second-order valence-electron chi connectivity index (χ2n) is 4.17. The summed E-state index contributed by atoms with van der Waals surface area (Å²) in [6.07, 6.45) is 0.979. The van der Waals surface area contributed by atoms with Gasteiger partial charge in [0.2, 0.25) is 0 Å². The van der Waals surface area contributed by atoms with Crippen LogP contribution in [0.25, 0.3) is 0 Å². The summed E-state index contributed by atoms with van der Waals surface area (Å²) in [5.74, 6) is 0.736. The molecule has 98 valence electrons. The van der Waals surface area contributed by atoms with Crippen LogP contribution in [0.2, 0.25) is 0 Å². The molecule has 0 radical (unpaired) electrons. The van der Waals surface area contributed by atoms with Crippen molar-refractivity contribution in [3.05, 3.63) is 29.3 Å². The van der Waals surface area contributed by atoms with Gasteiger partial charge in [-0.05, 0) is 42.8 Å². The maximum atomic E-state index is 11.2. The first kappa shape index (κ1) is 13.3. The standard InChI is InChI=1S/C13H16ClNO3/c1-17-12-4-3-9(13(14)16)7-10(12)11-8-18-6-2-5-15-11/h3-4,7,11,15H,2,5-6,8H2,1H3. The molecule has 0 aromatic heterocycles. The first-order chi connectivity index (χ1) is 8.72. The maximum absolute atomic E-state index is 11.2. The molecule has 5 heteroatoms. The van der Waals surface area contributed by atoms with Gasteiger partial charge < -0.3 is 14.8 Å². The van der Waals surface area contributed by atoms with E-state index in [1.165, 1.54) is 0 Å². The Morgan fingerprint density at radius 1 is 1.56 bits per heavy atom. The lowest BCUT2D eigenvalue weighted by Crippen LogP contribution is -2.24. The molecule has 1 heterocycles. The van der Waals surface area contributed by atoms with Crippen LogP contribution < -0.4 is 10.1 Å². The Kier molecular flexibility index (Phi) is 4.58. The third-order valence-corrected chi connectivity index (χ3v) is 3.19. The molecule has 18 heavy (non-hydrogen) atoms. The van der Waals surface area contributed by atoms with Crippen LogP contribution in [0.1, 0.15) is 28.4 Å². The second-order valence-corrected chi connectivity index (χ2v) is 4.51. The minimum Gasteiger partial charge on any atom is -0.496 e. The Balaban J connectivity index is 2.32. The molecule has 1 aliphatic rings. The second kappa shape index (κ2) is 6.18. The molecule has 1 N–H and O–H groups in total. The van der Waals surface area contributed by atoms with Crippen molar-refractivity contribution in [1.82, 2.24) is 5.32 Å². The lowest BCUT2D eigenvalue weighted by atomic mass is 10.0. The molecule has 1 aromatic rings. The highest BCUT2D eigenvalue weighted by molar-refractivity contribution is 6.67. The van der Waals surface area contributed by atoms with Crippen molar-refractivity contribution in [3.8, 4) is 5.75 Å². The fourth-order valence-corrected chi connectivity index (χ4v) is 2.16. The van der Waals surface area contributed by atoms with Gasteiger partial charge in [-0.2, -0.15) is 0 Å². The Morgan fingerprint density at radius 3 is 3.11 bits per heavy atom. The van der Waals surface area contributed by atoms with E-state index in [0.29, 0.717) is 12.2 Å². The van der Waals surface area contributed by atoms with Gasteiger partial charge in [0.1, 0.15) is 5.75 Å². The first-order valence-corrected chi connectivity index (χ1v) is 6.29. The van der Waals surface area contributed by atoms with Crippen molar-refractivity contribution < 1.29 is 14.3 Å². The fraction of sp³-hybridized carbons (Fsp3) is 0.462. The van der Waals surface area contributed by atoms with E-state index in [1.807, 2.05) is 0 Å². The number of benzene rings is 1. The van der Waals surface area contributed by atoms with Crippen LogP contribution in [-0.2, 0) is 4.74 Å². The third kappa shape index (κ3) is 3.02. The summed E-state index contributed by atoms with van der Waals surface area (Å²) >= 11 is 5.51. The van der Waals surface area contributed by atoms with E-state index < -0.39 is 5.24 Å². The van der Waals surface area contributed by atoms with Crippen molar-refractivity contribution in [1.29, 1.82) is 0 Å². The van der Waals surface area contributed by atoms with E-state index in [0.717, 1.165) is 30.9 Å². The van der Waals surface area contributed by atoms with Crippen molar-refractivity contribution in [2.24, 2.45) is 0 Å². The van der Waals surface area contributed by atoms with Gasteiger partial charge in [-0.3, -0.25) is 4.79 Å². The highest BCUT2D eigenvalue weighted by atomic mass is 35.5. The number of rotatable bonds is 3. The zero-order valence-electron chi connectivity index (χ0n) is 10.2. The van der Waals surface area contributed by atoms with E-state index in [4.69, 9.17) is 21.1 Å². The summed E-state index contributed by atoms with van der Waals surface area (Å²) in [4.78, 5) is 11.2. The van der Waals surface area contributed by atoms with Gasteiger partial charge in [-0.1, -0.05) is 0 Å². The average Bonchev–Trinajstić information content (AvgIpc) is 2.66. The number of carbonyl (C=O) groups excluding carboxylic acids is 1. The molecule has 4 nitrogen and oxygen atoms in total. The van der Waals surface area contributed by atoms with Crippen LogP contribution in [0.4, 0.5) is 0 Å². The van der Waals surface area contributed by atoms with Crippen LogP contribution in [0.15, 0.2) is 18.2 Å². The van der Waals surface area contributed by atoms with Crippen LogP contribution in [-0.4, -0.2) is 32.1 Å². The fourth-order valence-electron chi connectivity index (χ4n) is 2.04. The largest absolute Gasteiger partial charge is 0.496 e. The van der Waals surface area contributed by atoms with Crippen LogP contribution in [0, 0.1) is 0 Å². The average molecular weight is 270 g/mol. The minimum absolute atomic E-state index is 0.0263. The van der Waals surface area contributed by atoms with E-state index in [-0.39, 0.29) is 6.04 Å². The van der Waals surface area contributed by atoms with Gasteiger partial charge in [0.05, 0.1) is 19.8 Å². The molecule has 2 rings (SSSR count). The summed E-state index contributed by atoms with van der Waals surface area (Å²) < 4.78 is 10.8. The van der Waals surface area contributed by atoms with Crippen molar-refractivity contribution in [2.75, 3.05) is 26.9 Å². The van der Waals surface area contributed by atoms with E-state index >= 15 is 0 Å². The number of hydrogen-bond donors (Lipinski definition) is 1. The summed E-state index contributed by atoms with van der Waals surface area (Å²) in [5, 5.41) is 2.91. The molecule has 0 amide bonds. The molecule has 0 saturated carbocycles. The van der Waals surface area contributed by atoms with Crippen molar-refractivity contribution in [2.45, 2.75) is 12.5 Å². The molecule has 1 aliphatic heterocycles. The smallest absolute Gasteiger partial charge is 0.252 e. The van der Waals surface area contributed by atoms with Crippen molar-refractivity contribution in [3.63, 3.8) is 0 Å². The zero-order valence-corrected chi connectivity index (χ0v) is 11.0. The number of carbonyl (C=O) groups is 1. The third-order valence-electron chi connectivity index (χ3n) is 2.97. The lowest BCUT2D eigenvalue weighted by molar-refractivity contribution is 0.108. The molecule has 0 bridgehead atoms. The zero-order chi connectivity index (χ0) is 13.0. The predicted molar refractivity (Wildman–Crippen MR) is 69.4 cm³/mol. The van der Waals surface area contributed by atoms with Crippen LogP contribution in [0.3, 0.4) is 0 Å². The van der Waals surface area contributed by atoms with E-state index in [1.54, 1.807) is 25.3 Å².